The average Bonchev–Trinajstić information content (AvgIpc) is 2.76. The first-order valence-corrected chi connectivity index (χ1v) is 6.47. The molecular formula is C11H17N5S. The molecule has 0 aliphatic carbocycles. The highest BCUT2D eigenvalue weighted by atomic mass is 32.1. The molecule has 92 valence electrons. The summed E-state index contributed by atoms with van der Waals surface area (Å²) in [4.78, 5) is 11.0. The fourth-order valence-corrected chi connectivity index (χ4v) is 2.43. The van der Waals surface area contributed by atoms with Gasteiger partial charge in [-0.3, -0.25) is 0 Å². The molecular weight excluding hydrogens is 234 g/mol. The highest BCUT2D eigenvalue weighted by Gasteiger charge is 2.10. The summed E-state index contributed by atoms with van der Waals surface area (Å²) in [5.41, 5.74) is 6.45. The van der Waals surface area contributed by atoms with Gasteiger partial charge < -0.3 is 16.0 Å². The molecule has 0 amide bonds. The number of fused-ring (bicyclic) bond motifs is 1. The fraction of sp³-hybridized carbons (Fsp3) is 0.455. The SMILES string of the molecule is CN(C)c1nc(NCCCN)nc2ccsc12. The van der Waals surface area contributed by atoms with Crippen LogP contribution in [0.1, 0.15) is 6.42 Å². The third-order valence-electron chi connectivity index (χ3n) is 2.37. The van der Waals surface area contributed by atoms with E-state index in [1.165, 1.54) is 0 Å². The van der Waals surface area contributed by atoms with Crippen LogP contribution in [0.2, 0.25) is 0 Å². The van der Waals surface area contributed by atoms with Gasteiger partial charge in [0.25, 0.3) is 0 Å². The third-order valence-corrected chi connectivity index (χ3v) is 3.27. The van der Waals surface area contributed by atoms with Crippen molar-refractivity contribution in [1.29, 1.82) is 0 Å². The Hall–Kier alpha value is -1.40. The van der Waals surface area contributed by atoms with E-state index in [-0.39, 0.29) is 0 Å². The summed E-state index contributed by atoms with van der Waals surface area (Å²) in [6.45, 7) is 1.48. The highest BCUT2D eigenvalue weighted by molar-refractivity contribution is 7.17. The van der Waals surface area contributed by atoms with Gasteiger partial charge >= 0.3 is 0 Å². The summed E-state index contributed by atoms with van der Waals surface area (Å²) in [5.74, 6) is 1.63. The van der Waals surface area contributed by atoms with Crippen LogP contribution in [0, 0.1) is 0 Å². The number of thiophene rings is 1. The first-order valence-electron chi connectivity index (χ1n) is 5.59. The maximum Gasteiger partial charge on any atom is 0.225 e. The molecule has 0 radical (unpaired) electrons. The van der Waals surface area contributed by atoms with E-state index in [1.807, 2.05) is 30.4 Å². The van der Waals surface area contributed by atoms with Gasteiger partial charge in [0.2, 0.25) is 5.95 Å². The topological polar surface area (TPSA) is 67.1 Å². The molecule has 5 nitrogen and oxygen atoms in total. The number of rotatable bonds is 5. The maximum atomic E-state index is 5.46. The zero-order valence-electron chi connectivity index (χ0n) is 10.1. The van der Waals surface area contributed by atoms with E-state index in [0.29, 0.717) is 12.5 Å². The van der Waals surface area contributed by atoms with Crippen LogP contribution in [-0.4, -0.2) is 37.2 Å². The summed E-state index contributed by atoms with van der Waals surface area (Å²) in [5, 5.41) is 5.24. The normalized spacial score (nSPS) is 10.8. The van der Waals surface area contributed by atoms with E-state index in [1.54, 1.807) is 11.3 Å². The van der Waals surface area contributed by atoms with E-state index in [0.717, 1.165) is 29.0 Å². The zero-order chi connectivity index (χ0) is 12.3. The molecule has 0 aliphatic rings. The Labute approximate surface area is 105 Å². The van der Waals surface area contributed by atoms with Crippen LogP contribution >= 0.6 is 11.3 Å². The van der Waals surface area contributed by atoms with Crippen molar-refractivity contribution in [1.82, 2.24) is 9.97 Å². The molecule has 0 fully saturated rings. The molecule has 0 spiro atoms. The smallest absolute Gasteiger partial charge is 0.225 e. The second-order valence-corrected chi connectivity index (χ2v) is 4.89. The first kappa shape index (κ1) is 12.1. The standard InChI is InChI=1S/C11H17N5S/c1-16(2)10-9-8(4-7-17-9)14-11(15-10)13-6-3-5-12/h4,7H,3,5-6,12H2,1-2H3,(H,13,14,15). The lowest BCUT2D eigenvalue weighted by Gasteiger charge is -2.13. The largest absolute Gasteiger partial charge is 0.361 e. The van der Waals surface area contributed by atoms with E-state index in [9.17, 15) is 0 Å². The van der Waals surface area contributed by atoms with Crippen molar-refractivity contribution < 1.29 is 0 Å². The van der Waals surface area contributed by atoms with Crippen molar-refractivity contribution in [2.24, 2.45) is 5.73 Å². The van der Waals surface area contributed by atoms with E-state index in [2.05, 4.69) is 15.3 Å². The molecule has 2 aromatic heterocycles. The highest BCUT2D eigenvalue weighted by Crippen LogP contribution is 2.28. The zero-order valence-corrected chi connectivity index (χ0v) is 10.9. The maximum absolute atomic E-state index is 5.46. The molecule has 0 saturated heterocycles. The molecule has 3 N–H and O–H groups in total. The number of aromatic nitrogens is 2. The number of nitrogens with two attached hydrogens (primary N) is 1. The lowest BCUT2D eigenvalue weighted by molar-refractivity contribution is 0.864. The molecule has 2 heterocycles. The van der Waals surface area contributed by atoms with Gasteiger partial charge in [-0.1, -0.05) is 0 Å². The Bertz CT molecular complexity index is 494. The fourth-order valence-electron chi connectivity index (χ4n) is 1.53. The minimum atomic E-state index is 0.674. The van der Waals surface area contributed by atoms with Crippen LogP contribution in [0.15, 0.2) is 11.4 Å². The molecule has 2 aromatic rings. The molecule has 0 unspecified atom stereocenters. The lowest BCUT2D eigenvalue weighted by Crippen LogP contribution is -2.14. The predicted octanol–water partition coefficient (Wildman–Crippen LogP) is 1.52. The number of hydrogen-bond acceptors (Lipinski definition) is 6. The minimum absolute atomic E-state index is 0.674. The minimum Gasteiger partial charge on any atom is -0.361 e. The van der Waals surface area contributed by atoms with Crippen molar-refractivity contribution in [3.05, 3.63) is 11.4 Å². The molecule has 0 bridgehead atoms. The quantitative estimate of drug-likeness (QED) is 0.789. The van der Waals surface area contributed by atoms with Crippen molar-refractivity contribution in [2.45, 2.75) is 6.42 Å². The molecule has 0 aliphatic heterocycles. The van der Waals surface area contributed by atoms with Crippen molar-refractivity contribution in [2.75, 3.05) is 37.4 Å². The Morgan fingerprint density at radius 1 is 1.41 bits per heavy atom. The number of nitrogens with one attached hydrogen (secondary N) is 1. The second-order valence-electron chi connectivity index (χ2n) is 3.97. The lowest BCUT2D eigenvalue weighted by atomic mass is 10.4. The van der Waals surface area contributed by atoms with Crippen LogP contribution in [0.3, 0.4) is 0 Å². The Morgan fingerprint density at radius 3 is 2.94 bits per heavy atom. The van der Waals surface area contributed by atoms with E-state index in [4.69, 9.17) is 5.73 Å². The summed E-state index contributed by atoms with van der Waals surface area (Å²) < 4.78 is 1.12. The van der Waals surface area contributed by atoms with Crippen LogP contribution in [0.4, 0.5) is 11.8 Å². The first-order chi connectivity index (χ1) is 8.22. The molecule has 2 rings (SSSR count). The van der Waals surface area contributed by atoms with Gasteiger partial charge in [0, 0.05) is 20.6 Å². The summed E-state index contributed by atoms with van der Waals surface area (Å²) in [6.07, 6.45) is 0.919. The predicted molar refractivity (Wildman–Crippen MR) is 73.9 cm³/mol. The van der Waals surface area contributed by atoms with Crippen LogP contribution in [0.5, 0.6) is 0 Å². The van der Waals surface area contributed by atoms with Gasteiger partial charge in [-0.25, -0.2) is 4.98 Å². The van der Waals surface area contributed by atoms with Gasteiger partial charge in [-0.05, 0) is 24.4 Å². The monoisotopic (exact) mass is 251 g/mol. The van der Waals surface area contributed by atoms with Gasteiger partial charge in [0.05, 0.1) is 10.2 Å². The number of hydrogen-bond donors (Lipinski definition) is 2. The summed E-state index contributed by atoms with van der Waals surface area (Å²) in [6, 6.07) is 2.02. The second kappa shape index (κ2) is 5.29. The Balaban J connectivity index is 2.31. The summed E-state index contributed by atoms with van der Waals surface area (Å²) >= 11 is 1.66. The third kappa shape index (κ3) is 2.65. The molecule has 0 atom stereocenters. The molecule has 17 heavy (non-hydrogen) atoms. The van der Waals surface area contributed by atoms with Crippen molar-refractivity contribution >= 4 is 33.3 Å². The molecule has 6 heteroatoms. The van der Waals surface area contributed by atoms with Crippen molar-refractivity contribution in [3.63, 3.8) is 0 Å². The van der Waals surface area contributed by atoms with E-state index >= 15 is 0 Å². The number of anilines is 2. The Kier molecular flexibility index (Phi) is 3.75. The number of nitrogens with zero attached hydrogens (tertiary/aromatic N) is 3. The van der Waals surface area contributed by atoms with Crippen LogP contribution < -0.4 is 16.0 Å². The molecule has 0 aromatic carbocycles. The Morgan fingerprint density at radius 2 is 2.24 bits per heavy atom. The average molecular weight is 251 g/mol. The van der Waals surface area contributed by atoms with Gasteiger partial charge in [0.1, 0.15) is 0 Å². The summed E-state index contributed by atoms with van der Waals surface area (Å²) in [7, 11) is 3.98. The van der Waals surface area contributed by atoms with Gasteiger partial charge in [-0.2, -0.15) is 4.98 Å². The molecule has 0 saturated carbocycles. The van der Waals surface area contributed by atoms with Crippen LogP contribution in [-0.2, 0) is 0 Å². The van der Waals surface area contributed by atoms with Gasteiger partial charge in [-0.15, -0.1) is 11.3 Å². The van der Waals surface area contributed by atoms with Crippen molar-refractivity contribution in [3.8, 4) is 0 Å². The van der Waals surface area contributed by atoms with Gasteiger partial charge in [0.15, 0.2) is 5.82 Å². The van der Waals surface area contributed by atoms with E-state index < -0.39 is 0 Å². The van der Waals surface area contributed by atoms with Crippen LogP contribution in [0.25, 0.3) is 10.2 Å².